The summed E-state index contributed by atoms with van der Waals surface area (Å²) in [5, 5.41) is 10.9. The Kier molecular flexibility index (Phi) is 2.64. The zero-order valence-corrected chi connectivity index (χ0v) is 11.0. The number of aromatic hydroxyl groups is 1. The molecule has 0 aliphatic carbocycles. The Morgan fingerprint density at radius 2 is 2.11 bits per heavy atom. The zero-order chi connectivity index (χ0) is 13.6. The van der Waals surface area contributed by atoms with E-state index >= 15 is 0 Å². The summed E-state index contributed by atoms with van der Waals surface area (Å²) >= 11 is 5.29. The van der Waals surface area contributed by atoms with Gasteiger partial charge in [-0.3, -0.25) is 9.36 Å². The molecule has 0 unspecified atom stereocenters. The summed E-state index contributed by atoms with van der Waals surface area (Å²) in [5.41, 5.74) is 0.667. The van der Waals surface area contributed by atoms with Gasteiger partial charge in [0.2, 0.25) is 5.75 Å². The van der Waals surface area contributed by atoms with Crippen LogP contribution in [0, 0.1) is 4.64 Å². The molecule has 2 aliphatic heterocycles. The second-order valence-corrected chi connectivity index (χ2v) is 4.62. The van der Waals surface area contributed by atoms with Crippen molar-refractivity contribution in [1.29, 1.82) is 0 Å². The van der Waals surface area contributed by atoms with Gasteiger partial charge in [-0.15, -0.1) is 0 Å². The number of benzene rings is 1. The van der Waals surface area contributed by atoms with E-state index in [0.717, 1.165) is 5.39 Å². The third-order valence-electron chi connectivity index (χ3n) is 3.13. The van der Waals surface area contributed by atoms with E-state index in [0.29, 0.717) is 22.3 Å². The van der Waals surface area contributed by atoms with Crippen molar-refractivity contribution in [2.45, 2.75) is 13.5 Å². The van der Waals surface area contributed by atoms with Crippen LogP contribution in [0.5, 0.6) is 5.75 Å². The molecule has 0 saturated heterocycles. The van der Waals surface area contributed by atoms with Crippen molar-refractivity contribution in [2.24, 2.45) is 0 Å². The van der Waals surface area contributed by atoms with Crippen LogP contribution in [0.4, 0.5) is 0 Å². The van der Waals surface area contributed by atoms with E-state index < -0.39 is 11.3 Å². The Morgan fingerprint density at radius 1 is 1.37 bits per heavy atom. The molecule has 1 N–H and O–H groups in total. The van der Waals surface area contributed by atoms with Crippen LogP contribution in [0.15, 0.2) is 39.5 Å². The maximum absolute atomic E-state index is 12.0. The largest absolute Gasteiger partial charge is 0.500 e. The van der Waals surface area contributed by atoms with Gasteiger partial charge in [0.25, 0.3) is 5.56 Å². The second-order valence-electron chi connectivity index (χ2n) is 4.23. The van der Waals surface area contributed by atoms with Gasteiger partial charge in [0.15, 0.2) is 5.76 Å². The normalized spacial score (nSPS) is 11.2. The summed E-state index contributed by atoms with van der Waals surface area (Å²) in [7, 11) is 0. The highest BCUT2D eigenvalue weighted by atomic mass is 32.1. The van der Waals surface area contributed by atoms with Crippen molar-refractivity contribution in [3.05, 3.63) is 45.3 Å². The average molecular weight is 273 g/mol. The van der Waals surface area contributed by atoms with Gasteiger partial charge >= 0.3 is 0 Å². The minimum Gasteiger partial charge on any atom is -0.500 e. The third kappa shape index (κ3) is 1.66. The average Bonchev–Trinajstić information content (AvgIpc) is 2.44. The van der Waals surface area contributed by atoms with Gasteiger partial charge in [0, 0.05) is 11.9 Å². The van der Waals surface area contributed by atoms with Gasteiger partial charge in [0.1, 0.15) is 10.2 Å². The van der Waals surface area contributed by atoms with Crippen molar-refractivity contribution < 1.29 is 9.52 Å². The topological polar surface area (TPSA) is 55.4 Å². The van der Waals surface area contributed by atoms with Crippen LogP contribution in [0.25, 0.3) is 22.3 Å². The molecular formula is C14H11NO3S. The number of hydrogen-bond acceptors (Lipinski definition) is 4. The number of nitrogens with zero attached hydrogens (tertiary/aromatic N) is 1. The zero-order valence-electron chi connectivity index (χ0n) is 10.2. The molecule has 19 heavy (non-hydrogen) atoms. The molecule has 3 rings (SSSR count). The van der Waals surface area contributed by atoms with Crippen molar-refractivity contribution in [2.75, 3.05) is 0 Å². The summed E-state index contributed by atoms with van der Waals surface area (Å²) in [6.07, 6.45) is 0. The van der Waals surface area contributed by atoms with Crippen molar-refractivity contribution in [3.8, 4) is 17.1 Å². The van der Waals surface area contributed by atoms with Crippen LogP contribution in [0.1, 0.15) is 6.92 Å². The van der Waals surface area contributed by atoms with E-state index in [1.54, 1.807) is 13.0 Å². The number of para-hydroxylation sites is 1. The molecule has 0 saturated carbocycles. The highest BCUT2D eigenvalue weighted by Crippen LogP contribution is 2.33. The quantitative estimate of drug-likeness (QED) is 0.546. The van der Waals surface area contributed by atoms with E-state index in [4.69, 9.17) is 16.6 Å². The molecule has 0 amide bonds. The highest BCUT2D eigenvalue weighted by molar-refractivity contribution is 7.71. The monoisotopic (exact) mass is 273 g/mol. The molecule has 96 valence electrons. The van der Waals surface area contributed by atoms with Gasteiger partial charge in [-0.2, -0.15) is 0 Å². The Balaban J connectivity index is 2.58. The number of fused-ring (bicyclic) bond motifs is 2. The first-order valence-corrected chi connectivity index (χ1v) is 6.32. The van der Waals surface area contributed by atoms with E-state index in [9.17, 15) is 9.90 Å². The van der Waals surface area contributed by atoms with Gasteiger partial charge in [-0.25, -0.2) is 0 Å². The fourth-order valence-corrected chi connectivity index (χ4v) is 2.53. The predicted molar refractivity (Wildman–Crippen MR) is 75.3 cm³/mol. The van der Waals surface area contributed by atoms with Crippen LogP contribution in [0.2, 0.25) is 0 Å². The minimum absolute atomic E-state index is 0.151. The first-order chi connectivity index (χ1) is 9.13. The Hall–Kier alpha value is -2.14. The highest BCUT2D eigenvalue weighted by Gasteiger charge is 2.19. The van der Waals surface area contributed by atoms with Gasteiger partial charge in [-0.05, 0) is 19.1 Å². The first-order valence-electron chi connectivity index (χ1n) is 5.92. The summed E-state index contributed by atoms with van der Waals surface area (Å²) in [5.74, 6) is -0.241. The molecule has 0 bridgehead atoms. The van der Waals surface area contributed by atoms with E-state index in [2.05, 4.69) is 0 Å². The van der Waals surface area contributed by atoms with Crippen molar-refractivity contribution >= 4 is 23.2 Å². The van der Waals surface area contributed by atoms with Crippen LogP contribution in [0.3, 0.4) is 0 Å². The first kappa shape index (κ1) is 11.9. The van der Waals surface area contributed by atoms with Gasteiger partial charge < -0.3 is 9.52 Å². The smallest absolute Gasteiger partial charge is 0.297 e. The molecule has 0 aromatic heterocycles. The number of rotatable bonds is 1. The third-order valence-corrected chi connectivity index (χ3v) is 3.57. The standard InChI is InChI=1S/C14H11NO3S/c1-2-15-13(17)11(16)12-9(14(15)19)7-8-5-3-4-6-10(8)18-12/h3-7,16H,2H2,1H3. The van der Waals surface area contributed by atoms with E-state index in [-0.39, 0.29) is 5.76 Å². The van der Waals surface area contributed by atoms with E-state index in [1.807, 2.05) is 24.3 Å². The molecule has 1 aromatic carbocycles. The lowest BCUT2D eigenvalue weighted by molar-refractivity contribution is 0.437. The Labute approximate surface area is 113 Å². The van der Waals surface area contributed by atoms with Gasteiger partial charge in [0.05, 0.1) is 5.56 Å². The maximum Gasteiger partial charge on any atom is 0.297 e. The number of aromatic nitrogens is 1. The van der Waals surface area contributed by atoms with Crippen LogP contribution < -0.4 is 5.56 Å². The molecule has 1 aromatic rings. The molecule has 0 atom stereocenters. The van der Waals surface area contributed by atoms with Crippen LogP contribution in [-0.2, 0) is 6.54 Å². The SMILES string of the molecule is CCn1c(=O)c(O)c2oc3ccccc3cc-2c1=S. The Morgan fingerprint density at radius 3 is 2.84 bits per heavy atom. The lowest BCUT2D eigenvalue weighted by Gasteiger charge is -2.12. The molecule has 2 aliphatic rings. The molecule has 0 spiro atoms. The summed E-state index contributed by atoms with van der Waals surface area (Å²) in [6.45, 7) is 2.22. The van der Waals surface area contributed by atoms with Crippen molar-refractivity contribution in [3.63, 3.8) is 0 Å². The van der Waals surface area contributed by atoms with Crippen LogP contribution >= 0.6 is 12.2 Å². The summed E-state index contributed by atoms with van der Waals surface area (Å²) in [6, 6.07) is 9.23. The summed E-state index contributed by atoms with van der Waals surface area (Å²) in [4.78, 5) is 12.0. The number of pyridine rings is 1. The maximum atomic E-state index is 12.0. The van der Waals surface area contributed by atoms with E-state index in [1.165, 1.54) is 4.57 Å². The molecule has 5 heteroatoms. The molecule has 0 fully saturated rings. The van der Waals surface area contributed by atoms with Crippen LogP contribution in [-0.4, -0.2) is 9.67 Å². The molecule has 0 radical (unpaired) electrons. The lowest BCUT2D eigenvalue weighted by atomic mass is 10.1. The second kappa shape index (κ2) is 4.20. The lowest BCUT2D eigenvalue weighted by Crippen LogP contribution is -2.21. The van der Waals surface area contributed by atoms with Gasteiger partial charge in [-0.1, -0.05) is 30.4 Å². The predicted octanol–water partition coefficient (Wildman–Crippen LogP) is 3.15. The van der Waals surface area contributed by atoms with Crippen molar-refractivity contribution in [1.82, 2.24) is 4.57 Å². The fraction of sp³-hybridized carbons (Fsp3) is 0.143. The summed E-state index contributed by atoms with van der Waals surface area (Å²) < 4.78 is 7.35. The number of hydrogen-bond donors (Lipinski definition) is 1. The molecular weight excluding hydrogens is 262 g/mol. The minimum atomic E-state index is -0.515. The Bertz CT molecular complexity index is 863. The fourth-order valence-electron chi connectivity index (χ4n) is 2.16. The molecule has 2 heterocycles. The molecule has 4 nitrogen and oxygen atoms in total.